The zero-order valence-electron chi connectivity index (χ0n) is 19.8. The van der Waals surface area contributed by atoms with E-state index in [-0.39, 0.29) is 10.7 Å². The minimum absolute atomic E-state index is 0.0956. The largest absolute Gasteiger partial charge is 0.495 e. The summed E-state index contributed by atoms with van der Waals surface area (Å²) >= 11 is 6.37. The molecule has 0 unspecified atom stereocenters. The average Bonchev–Trinajstić information content (AvgIpc) is 3.40. The first kappa shape index (κ1) is 23.8. The monoisotopic (exact) mass is 519 g/mol. The van der Waals surface area contributed by atoms with Crippen molar-refractivity contribution in [2.45, 2.75) is 18.7 Å². The number of benzene rings is 3. The van der Waals surface area contributed by atoms with Crippen molar-refractivity contribution in [1.29, 1.82) is 0 Å². The molecule has 2 aromatic heterocycles. The van der Waals surface area contributed by atoms with Crippen molar-refractivity contribution < 1.29 is 17.7 Å². The Bertz CT molecular complexity index is 1690. The van der Waals surface area contributed by atoms with Crippen LogP contribution in [-0.4, -0.2) is 25.7 Å². The van der Waals surface area contributed by atoms with Crippen LogP contribution in [0.3, 0.4) is 0 Å². The third kappa shape index (κ3) is 4.19. The summed E-state index contributed by atoms with van der Waals surface area (Å²) < 4.78 is 39.9. The Morgan fingerprint density at radius 1 is 0.944 bits per heavy atom. The predicted octanol–water partition coefficient (Wildman–Crippen LogP) is 6.70. The summed E-state index contributed by atoms with van der Waals surface area (Å²) in [6.07, 6.45) is 4.63. The van der Waals surface area contributed by atoms with Crippen molar-refractivity contribution in [3.63, 3.8) is 0 Å². The zero-order chi connectivity index (χ0) is 25.4. The molecule has 36 heavy (non-hydrogen) atoms. The Morgan fingerprint density at radius 3 is 2.50 bits per heavy atom. The number of methoxy groups -OCH3 is 1. The van der Waals surface area contributed by atoms with Crippen LogP contribution in [0.5, 0.6) is 5.75 Å². The topological polar surface area (TPSA) is 85.5 Å². The van der Waals surface area contributed by atoms with Crippen LogP contribution in [-0.2, 0) is 10.0 Å². The SMILES string of the molecule is COc1cc(-c2ccc(C)c(Cl)c2)c(C)cc1N(c1ccon1)S(=O)(=O)c1ccc2cnccc2c1. The van der Waals surface area contributed by atoms with Crippen LogP contribution >= 0.6 is 11.6 Å². The lowest BCUT2D eigenvalue weighted by Crippen LogP contribution is -2.27. The Hall–Kier alpha value is -3.88. The highest BCUT2D eigenvalue weighted by Gasteiger charge is 2.32. The summed E-state index contributed by atoms with van der Waals surface area (Å²) in [5.41, 5.74) is 3.87. The van der Waals surface area contributed by atoms with Gasteiger partial charge >= 0.3 is 0 Å². The second-order valence-corrected chi connectivity index (χ2v) is 10.5. The van der Waals surface area contributed by atoms with Gasteiger partial charge in [-0.3, -0.25) is 4.98 Å². The van der Waals surface area contributed by atoms with Crippen LogP contribution in [0.25, 0.3) is 21.9 Å². The third-order valence-electron chi connectivity index (χ3n) is 6.01. The van der Waals surface area contributed by atoms with Crippen molar-refractivity contribution in [3.8, 4) is 16.9 Å². The van der Waals surface area contributed by atoms with Gasteiger partial charge in [0.1, 0.15) is 17.7 Å². The van der Waals surface area contributed by atoms with Crippen LogP contribution in [0.2, 0.25) is 5.02 Å². The summed E-state index contributed by atoms with van der Waals surface area (Å²) in [5, 5.41) is 6.17. The number of aromatic nitrogens is 2. The van der Waals surface area contributed by atoms with Gasteiger partial charge in [-0.25, -0.2) is 12.7 Å². The summed E-state index contributed by atoms with van der Waals surface area (Å²) in [5.74, 6) is 0.456. The fourth-order valence-electron chi connectivity index (χ4n) is 4.08. The van der Waals surface area contributed by atoms with Crippen LogP contribution in [0.4, 0.5) is 11.5 Å². The smallest absolute Gasteiger partial charge is 0.270 e. The van der Waals surface area contributed by atoms with Gasteiger partial charge < -0.3 is 9.26 Å². The van der Waals surface area contributed by atoms with E-state index >= 15 is 0 Å². The lowest BCUT2D eigenvalue weighted by atomic mass is 9.98. The number of rotatable bonds is 6. The standard InChI is InChI=1S/C27H22ClN3O4S/c1-17-4-5-20(14-24(17)28)23-15-26(34-3)25(12-18(23)2)31(27-9-11-35-30-27)36(32,33)22-7-6-21-16-29-10-8-19(21)13-22/h4-16H,1-3H3. The lowest BCUT2D eigenvalue weighted by molar-refractivity contribution is 0.414. The van der Waals surface area contributed by atoms with Gasteiger partial charge in [-0.05, 0) is 77.9 Å². The summed E-state index contributed by atoms with van der Waals surface area (Å²) in [4.78, 5) is 4.19. The molecule has 3 aromatic carbocycles. The van der Waals surface area contributed by atoms with Gasteiger partial charge in [0, 0.05) is 28.9 Å². The van der Waals surface area contributed by atoms with E-state index in [9.17, 15) is 8.42 Å². The number of anilines is 2. The number of pyridine rings is 1. The molecule has 5 aromatic rings. The van der Waals surface area contributed by atoms with Gasteiger partial charge in [0.25, 0.3) is 10.0 Å². The lowest BCUT2D eigenvalue weighted by Gasteiger charge is -2.25. The molecule has 7 nitrogen and oxygen atoms in total. The third-order valence-corrected chi connectivity index (χ3v) is 8.13. The average molecular weight is 520 g/mol. The highest BCUT2D eigenvalue weighted by atomic mass is 35.5. The minimum Gasteiger partial charge on any atom is -0.495 e. The van der Waals surface area contributed by atoms with E-state index in [0.29, 0.717) is 16.5 Å². The summed E-state index contributed by atoms with van der Waals surface area (Å²) in [6, 6.07) is 17.5. The number of halogens is 1. The summed E-state index contributed by atoms with van der Waals surface area (Å²) in [7, 11) is -2.62. The molecule has 0 aliphatic heterocycles. The Balaban J connectivity index is 1.70. The molecule has 0 N–H and O–H groups in total. The first-order valence-corrected chi connectivity index (χ1v) is 12.9. The first-order valence-electron chi connectivity index (χ1n) is 11.0. The molecule has 0 spiro atoms. The quantitative estimate of drug-likeness (QED) is 0.248. The normalized spacial score (nSPS) is 11.6. The zero-order valence-corrected chi connectivity index (χ0v) is 21.3. The van der Waals surface area contributed by atoms with Gasteiger partial charge in [-0.2, -0.15) is 0 Å². The van der Waals surface area contributed by atoms with E-state index in [2.05, 4.69) is 10.1 Å². The molecule has 0 fully saturated rings. The van der Waals surface area contributed by atoms with Gasteiger partial charge in [0.05, 0.1) is 12.0 Å². The fourth-order valence-corrected chi connectivity index (χ4v) is 5.73. The van der Waals surface area contributed by atoms with Crippen molar-refractivity contribution >= 4 is 43.9 Å². The minimum atomic E-state index is -4.12. The molecular weight excluding hydrogens is 498 g/mol. The van der Waals surface area contributed by atoms with Crippen molar-refractivity contribution in [3.05, 3.63) is 95.5 Å². The number of nitrogens with zero attached hydrogens (tertiary/aromatic N) is 3. The fraction of sp³-hybridized carbons (Fsp3) is 0.111. The maximum atomic E-state index is 14.0. The number of aryl methyl sites for hydroxylation is 2. The van der Waals surface area contributed by atoms with E-state index < -0.39 is 10.0 Å². The van der Waals surface area contributed by atoms with Crippen LogP contribution in [0.15, 0.2) is 88.7 Å². The second kappa shape index (κ2) is 9.29. The molecule has 0 radical (unpaired) electrons. The predicted molar refractivity (Wildman–Crippen MR) is 140 cm³/mol. The van der Waals surface area contributed by atoms with Crippen molar-refractivity contribution in [2.24, 2.45) is 0 Å². The molecule has 9 heteroatoms. The molecule has 0 atom stereocenters. The van der Waals surface area contributed by atoms with Gasteiger partial charge in [0.2, 0.25) is 0 Å². The van der Waals surface area contributed by atoms with Crippen molar-refractivity contribution in [1.82, 2.24) is 10.1 Å². The van der Waals surface area contributed by atoms with Crippen LogP contribution in [0.1, 0.15) is 11.1 Å². The molecule has 0 saturated heterocycles. The number of ether oxygens (including phenoxy) is 1. The molecule has 182 valence electrons. The highest BCUT2D eigenvalue weighted by Crippen LogP contribution is 2.42. The number of hydrogen-bond acceptors (Lipinski definition) is 6. The number of hydrogen-bond donors (Lipinski definition) is 0. The molecule has 0 aliphatic carbocycles. The number of fused-ring (bicyclic) bond motifs is 1. The van der Waals surface area contributed by atoms with E-state index in [1.165, 1.54) is 19.4 Å². The van der Waals surface area contributed by atoms with E-state index in [1.54, 1.807) is 48.8 Å². The van der Waals surface area contributed by atoms with E-state index in [1.807, 2.05) is 32.0 Å². The second-order valence-electron chi connectivity index (χ2n) is 8.31. The van der Waals surface area contributed by atoms with E-state index in [0.717, 1.165) is 37.3 Å². The highest BCUT2D eigenvalue weighted by molar-refractivity contribution is 7.93. The molecule has 0 bridgehead atoms. The number of sulfonamides is 1. The maximum Gasteiger partial charge on any atom is 0.270 e. The van der Waals surface area contributed by atoms with E-state index in [4.69, 9.17) is 20.9 Å². The molecule has 0 saturated carbocycles. The molecule has 2 heterocycles. The Kier molecular flexibility index (Phi) is 6.15. The molecular formula is C27H22ClN3O4S. The van der Waals surface area contributed by atoms with Crippen molar-refractivity contribution in [2.75, 3.05) is 11.4 Å². The van der Waals surface area contributed by atoms with Gasteiger partial charge in [0.15, 0.2) is 5.82 Å². The molecule has 0 aliphatic rings. The van der Waals surface area contributed by atoms with Gasteiger partial charge in [-0.1, -0.05) is 35.0 Å². The summed E-state index contributed by atoms with van der Waals surface area (Å²) in [6.45, 7) is 3.84. The first-order chi connectivity index (χ1) is 17.3. The molecule has 5 rings (SSSR count). The molecule has 0 amide bonds. The Labute approximate surface area is 214 Å². The van der Waals surface area contributed by atoms with Gasteiger partial charge in [-0.15, -0.1) is 0 Å². The van der Waals surface area contributed by atoms with Crippen LogP contribution < -0.4 is 9.04 Å². The van der Waals surface area contributed by atoms with Crippen LogP contribution in [0, 0.1) is 13.8 Å². The maximum absolute atomic E-state index is 14.0. The Morgan fingerprint density at radius 2 is 1.78 bits per heavy atom.